The van der Waals surface area contributed by atoms with Gasteiger partial charge in [0.05, 0.1) is 0 Å². The Morgan fingerprint density at radius 3 is 2.60 bits per heavy atom. The van der Waals surface area contributed by atoms with Gasteiger partial charge in [-0.05, 0) is 30.4 Å². The Bertz CT molecular complexity index is 323. The zero-order valence-corrected chi connectivity index (χ0v) is 10.2. The molecule has 0 radical (unpaired) electrons. The van der Waals surface area contributed by atoms with Crippen LogP contribution >= 0.6 is 15.9 Å². The second-order valence-corrected chi connectivity index (χ2v) is 4.85. The van der Waals surface area contributed by atoms with Crippen LogP contribution in [0.1, 0.15) is 24.4 Å². The molecule has 1 aliphatic rings. The Hall–Kier alpha value is -0.380. The van der Waals surface area contributed by atoms with Gasteiger partial charge in [0.1, 0.15) is 0 Å². The number of ether oxygens (including phenoxy) is 1. The van der Waals surface area contributed by atoms with Crippen LogP contribution in [-0.2, 0) is 4.74 Å². The topological polar surface area (TPSA) is 35.2 Å². The first-order valence-electron chi connectivity index (χ1n) is 5.37. The van der Waals surface area contributed by atoms with Crippen molar-refractivity contribution in [3.63, 3.8) is 0 Å². The molecule has 1 saturated heterocycles. The van der Waals surface area contributed by atoms with Crippen molar-refractivity contribution in [3.8, 4) is 0 Å². The van der Waals surface area contributed by atoms with Crippen molar-refractivity contribution in [1.29, 1.82) is 0 Å². The molecule has 0 unspecified atom stereocenters. The molecule has 2 rings (SSSR count). The molecule has 0 saturated carbocycles. The summed E-state index contributed by atoms with van der Waals surface area (Å²) in [6, 6.07) is 8.34. The summed E-state index contributed by atoms with van der Waals surface area (Å²) in [6.45, 7) is 1.70. The van der Waals surface area contributed by atoms with Gasteiger partial charge in [-0.1, -0.05) is 34.1 Å². The van der Waals surface area contributed by atoms with Crippen molar-refractivity contribution in [2.24, 2.45) is 11.7 Å². The molecule has 82 valence electrons. The molecule has 2 N–H and O–H groups in total. The summed E-state index contributed by atoms with van der Waals surface area (Å²) in [7, 11) is 0. The summed E-state index contributed by atoms with van der Waals surface area (Å²) in [4.78, 5) is 0. The van der Waals surface area contributed by atoms with E-state index in [0.717, 1.165) is 30.5 Å². The van der Waals surface area contributed by atoms with Crippen molar-refractivity contribution < 1.29 is 4.74 Å². The molecule has 1 aromatic rings. The highest BCUT2D eigenvalue weighted by atomic mass is 79.9. The van der Waals surface area contributed by atoms with E-state index in [9.17, 15) is 0 Å². The van der Waals surface area contributed by atoms with E-state index in [4.69, 9.17) is 10.5 Å². The lowest BCUT2D eigenvalue weighted by Gasteiger charge is -2.28. The SMILES string of the molecule is N[C@@H](c1ccccc1Br)C1CCOCC1. The molecule has 15 heavy (non-hydrogen) atoms. The average Bonchev–Trinajstić information content (AvgIpc) is 2.30. The Morgan fingerprint density at radius 1 is 1.27 bits per heavy atom. The highest BCUT2D eigenvalue weighted by Crippen LogP contribution is 2.31. The van der Waals surface area contributed by atoms with E-state index >= 15 is 0 Å². The lowest BCUT2D eigenvalue weighted by Crippen LogP contribution is -2.27. The Balaban J connectivity index is 2.12. The highest BCUT2D eigenvalue weighted by Gasteiger charge is 2.23. The standard InChI is InChI=1S/C12H16BrNO/c13-11-4-2-1-3-10(11)12(14)9-5-7-15-8-6-9/h1-4,9,12H,5-8,14H2/t12-/m1/s1. The third-order valence-corrected chi connectivity index (χ3v) is 3.76. The van der Waals surface area contributed by atoms with Crippen LogP contribution in [-0.4, -0.2) is 13.2 Å². The van der Waals surface area contributed by atoms with Gasteiger partial charge in [-0.25, -0.2) is 0 Å². The fraction of sp³-hybridized carbons (Fsp3) is 0.500. The molecule has 1 aliphatic heterocycles. The van der Waals surface area contributed by atoms with E-state index < -0.39 is 0 Å². The summed E-state index contributed by atoms with van der Waals surface area (Å²) in [5.74, 6) is 0.553. The molecule has 2 nitrogen and oxygen atoms in total. The number of hydrogen-bond donors (Lipinski definition) is 1. The lowest BCUT2D eigenvalue weighted by molar-refractivity contribution is 0.0583. The van der Waals surface area contributed by atoms with Gasteiger partial charge in [-0.15, -0.1) is 0 Å². The van der Waals surface area contributed by atoms with Gasteiger partial charge in [0.15, 0.2) is 0 Å². The third kappa shape index (κ3) is 2.60. The summed E-state index contributed by atoms with van der Waals surface area (Å²) >= 11 is 3.55. The van der Waals surface area contributed by atoms with Crippen molar-refractivity contribution in [3.05, 3.63) is 34.3 Å². The summed E-state index contributed by atoms with van der Waals surface area (Å²) < 4.78 is 6.46. The summed E-state index contributed by atoms with van der Waals surface area (Å²) in [5, 5.41) is 0. The van der Waals surface area contributed by atoms with E-state index in [1.54, 1.807) is 0 Å². The average molecular weight is 270 g/mol. The Labute approximate surface area is 98.9 Å². The van der Waals surface area contributed by atoms with Crippen LogP contribution in [0, 0.1) is 5.92 Å². The van der Waals surface area contributed by atoms with E-state index in [-0.39, 0.29) is 6.04 Å². The fourth-order valence-electron chi connectivity index (χ4n) is 2.07. The molecule has 0 bridgehead atoms. The third-order valence-electron chi connectivity index (χ3n) is 3.04. The number of halogens is 1. The number of nitrogens with two attached hydrogens (primary N) is 1. The van der Waals surface area contributed by atoms with Gasteiger partial charge in [0.2, 0.25) is 0 Å². The molecule has 3 heteroatoms. The molecule has 1 atom stereocenters. The first-order valence-corrected chi connectivity index (χ1v) is 6.16. The maximum absolute atomic E-state index is 6.28. The second kappa shape index (κ2) is 5.10. The Kier molecular flexibility index (Phi) is 3.78. The van der Waals surface area contributed by atoms with Crippen molar-refractivity contribution in [2.45, 2.75) is 18.9 Å². The van der Waals surface area contributed by atoms with Crippen LogP contribution in [0.25, 0.3) is 0 Å². The van der Waals surface area contributed by atoms with E-state index in [0.29, 0.717) is 5.92 Å². The van der Waals surface area contributed by atoms with E-state index in [2.05, 4.69) is 28.1 Å². The quantitative estimate of drug-likeness (QED) is 0.896. The van der Waals surface area contributed by atoms with E-state index in [1.165, 1.54) is 5.56 Å². The second-order valence-electron chi connectivity index (χ2n) is 4.00. The van der Waals surface area contributed by atoms with Crippen LogP contribution in [0.4, 0.5) is 0 Å². The lowest BCUT2D eigenvalue weighted by atomic mass is 9.88. The first-order chi connectivity index (χ1) is 7.29. The molecular weight excluding hydrogens is 254 g/mol. The first kappa shape index (κ1) is 11.1. The van der Waals surface area contributed by atoms with Gasteiger partial charge >= 0.3 is 0 Å². The molecule has 0 aliphatic carbocycles. The van der Waals surface area contributed by atoms with Crippen LogP contribution < -0.4 is 5.73 Å². The maximum Gasteiger partial charge on any atom is 0.0469 e. The van der Waals surface area contributed by atoms with Crippen LogP contribution in [0.3, 0.4) is 0 Å². The number of hydrogen-bond acceptors (Lipinski definition) is 2. The van der Waals surface area contributed by atoms with Gasteiger partial charge in [0.25, 0.3) is 0 Å². The normalized spacial score (nSPS) is 20.1. The molecule has 1 heterocycles. The van der Waals surface area contributed by atoms with E-state index in [1.807, 2.05) is 12.1 Å². The molecule has 0 spiro atoms. The zero-order valence-electron chi connectivity index (χ0n) is 8.66. The molecule has 0 aromatic heterocycles. The Morgan fingerprint density at radius 2 is 1.93 bits per heavy atom. The predicted octanol–water partition coefficient (Wildman–Crippen LogP) is 2.88. The van der Waals surface area contributed by atoms with Crippen LogP contribution in [0.5, 0.6) is 0 Å². The smallest absolute Gasteiger partial charge is 0.0469 e. The van der Waals surface area contributed by atoms with Crippen LogP contribution in [0.2, 0.25) is 0 Å². The van der Waals surface area contributed by atoms with Crippen LogP contribution in [0.15, 0.2) is 28.7 Å². The van der Waals surface area contributed by atoms with Crippen molar-refractivity contribution in [1.82, 2.24) is 0 Å². The number of rotatable bonds is 2. The molecule has 1 fully saturated rings. The maximum atomic E-state index is 6.28. The molecule has 0 amide bonds. The summed E-state index contributed by atoms with van der Waals surface area (Å²) in [5.41, 5.74) is 7.50. The minimum absolute atomic E-state index is 0.129. The largest absolute Gasteiger partial charge is 0.381 e. The van der Waals surface area contributed by atoms with Gasteiger partial charge in [0, 0.05) is 23.7 Å². The minimum Gasteiger partial charge on any atom is -0.381 e. The summed E-state index contributed by atoms with van der Waals surface area (Å²) in [6.07, 6.45) is 2.14. The fourth-order valence-corrected chi connectivity index (χ4v) is 2.62. The monoisotopic (exact) mass is 269 g/mol. The van der Waals surface area contributed by atoms with Gasteiger partial charge in [-0.3, -0.25) is 0 Å². The van der Waals surface area contributed by atoms with Gasteiger partial charge < -0.3 is 10.5 Å². The molecule has 1 aromatic carbocycles. The van der Waals surface area contributed by atoms with Crippen molar-refractivity contribution in [2.75, 3.05) is 13.2 Å². The minimum atomic E-state index is 0.129. The molecular formula is C12H16BrNO. The number of benzene rings is 1. The zero-order chi connectivity index (χ0) is 10.7. The highest BCUT2D eigenvalue weighted by molar-refractivity contribution is 9.10. The van der Waals surface area contributed by atoms with Gasteiger partial charge in [-0.2, -0.15) is 0 Å². The van der Waals surface area contributed by atoms with Crippen molar-refractivity contribution >= 4 is 15.9 Å². The predicted molar refractivity (Wildman–Crippen MR) is 64.6 cm³/mol.